The quantitative estimate of drug-likeness (QED) is 0.798. The maximum Gasteiger partial charge on any atom is 0.0325 e. The Kier molecular flexibility index (Phi) is 4.30. The van der Waals surface area contributed by atoms with E-state index in [2.05, 4.69) is 44.0 Å². The molecule has 0 atom stereocenters. The molecule has 0 aromatic heterocycles. The van der Waals surface area contributed by atoms with Crippen LogP contribution in [0, 0.1) is 0 Å². The van der Waals surface area contributed by atoms with Crippen LogP contribution in [0.15, 0.2) is 45.3 Å². The summed E-state index contributed by atoms with van der Waals surface area (Å²) in [5.74, 6) is 0. The Balaban J connectivity index is 2.11. The van der Waals surface area contributed by atoms with Crippen LogP contribution in [0.4, 0.5) is 11.4 Å². The Morgan fingerprint density at radius 3 is 1.44 bits per heavy atom. The number of hydrogen-bond donors (Lipinski definition) is 2. The Hall–Kier alpha value is -1.00. The van der Waals surface area contributed by atoms with Crippen LogP contribution in [0.1, 0.15) is 11.1 Å². The first kappa shape index (κ1) is 13.4. The van der Waals surface area contributed by atoms with Gasteiger partial charge in [0.15, 0.2) is 0 Å². The third-order valence-electron chi connectivity index (χ3n) is 2.82. The Labute approximate surface area is 124 Å². The second kappa shape index (κ2) is 5.76. The molecular formula is C14H14Br2N2. The van der Waals surface area contributed by atoms with Crippen molar-refractivity contribution in [2.24, 2.45) is 0 Å². The van der Waals surface area contributed by atoms with Gasteiger partial charge in [0.1, 0.15) is 0 Å². The molecule has 0 aliphatic rings. The predicted molar refractivity (Wildman–Crippen MR) is 84.5 cm³/mol. The van der Waals surface area contributed by atoms with Gasteiger partial charge in [0, 0.05) is 20.3 Å². The normalized spacial score (nSPS) is 10.6. The molecule has 2 aromatic rings. The van der Waals surface area contributed by atoms with Gasteiger partial charge in [-0.25, -0.2) is 0 Å². The molecule has 0 amide bonds. The highest BCUT2D eigenvalue weighted by molar-refractivity contribution is 9.10. The van der Waals surface area contributed by atoms with Gasteiger partial charge in [0.25, 0.3) is 0 Å². The third kappa shape index (κ3) is 3.27. The summed E-state index contributed by atoms with van der Waals surface area (Å²) >= 11 is 7.08. The molecule has 0 spiro atoms. The van der Waals surface area contributed by atoms with E-state index >= 15 is 0 Å². The molecule has 0 aliphatic carbocycles. The lowest BCUT2D eigenvalue weighted by Gasteiger charge is -2.08. The Morgan fingerprint density at radius 1 is 0.722 bits per heavy atom. The molecule has 4 heteroatoms. The smallest absolute Gasteiger partial charge is 0.0325 e. The number of rotatable bonds is 3. The summed E-state index contributed by atoms with van der Waals surface area (Å²) in [5.41, 5.74) is 15.5. The van der Waals surface area contributed by atoms with Gasteiger partial charge in [-0.1, -0.05) is 44.0 Å². The third-order valence-corrected chi connectivity index (χ3v) is 4.29. The highest BCUT2D eigenvalue weighted by atomic mass is 79.9. The molecule has 0 saturated carbocycles. The summed E-state index contributed by atoms with van der Waals surface area (Å²) in [6.45, 7) is 0. The molecule has 4 N–H and O–H groups in total. The number of halogens is 2. The lowest BCUT2D eigenvalue weighted by molar-refractivity contribution is 0.950. The van der Waals surface area contributed by atoms with Crippen molar-refractivity contribution in [2.75, 3.05) is 11.5 Å². The minimum absolute atomic E-state index is 0.777. The van der Waals surface area contributed by atoms with Gasteiger partial charge in [-0.15, -0.1) is 0 Å². The van der Waals surface area contributed by atoms with Crippen molar-refractivity contribution >= 4 is 43.2 Å². The van der Waals surface area contributed by atoms with E-state index in [1.807, 2.05) is 24.3 Å². The summed E-state index contributed by atoms with van der Waals surface area (Å²) < 4.78 is 2.13. The van der Waals surface area contributed by atoms with Crippen LogP contribution in [0.2, 0.25) is 0 Å². The van der Waals surface area contributed by atoms with Crippen LogP contribution in [0.5, 0.6) is 0 Å². The maximum absolute atomic E-state index is 5.72. The van der Waals surface area contributed by atoms with Crippen molar-refractivity contribution in [3.05, 3.63) is 56.5 Å². The van der Waals surface area contributed by atoms with Gasteiger partial charge in [0.05, 0.1) is 0 Å². The molecule has 0 unspecified atom stereocenters. The Morgan fingerprint density at radius 2 is 1.11 bits per heavy atom. The molecule has 0 radical (unpaired) electrons. The average molecular weight is 370 g/mol. The fourth-order valence-corrected chi connectivity index (χ4v) is 2.99. The summed E-state index contributed by atoms with van der Waals surface area (Å²) in [6, 6.07) is 11.9. The summed E-state index contributed by atoms with van der Waals surface area (Å²) in [5, 5.41) is 0. The average Bonchev–Trinajstić information content (AvgIpc) is 2.30. The van der Waals surface area contributed by atoms with E-state index in [-0.39, 0.29) is 0 Å². The van der Waals surface area contributed by atoms with E-state index in [9.17, 15) is 0 Å². The van der Waals surface area contributed by atoms with Gasteiger partial charge < -0.3 is 11.5 Å². The number of aryl methyl sites for hydroxylation is 2. The van der Waals surface area contributed by atoms with E-state index in [1.165, 1.54) is 11.1 Å². The lowest BCUT2D eigenvalue weighted by atomic mass is 10.0. The van der Waals surface area contributed by atoms with Crippen LogP contribution in [0.3, 0.4) is 0 Å². The molecule has 0 heterocycles. The van der Waals surface area contributed by atoms with E-state index in [1.54, 1.807) is 0 Å². The first-order valence-electron chi connectivity index (χ1n) is 5.64. The summed E-state index contributed by atoms with van der Waals surface area (Å²) in [7, 11) is 0. The van der Waals surface area contributed by atoms with Crippen molar-refractivity contribution in [2.45, 2.75) is 12.8 Å². The zero-order chi connectivity index (χ0) is 13.1. The number of nitrogens with two attached hydrogens (primary N) is 2. The fraction of sp³-hybridized carbons (Fsp3) is 0.143. The maximum atomic E-state index is 5.72. The highest BCUT2D eigenvalue weighted by Crippen LogP contribution is 2.24. The van der Waals surface area contributed by atoms with Gasteiger partial charge in [-0.2, -0.15) is 0 Å². The topological polar surface area (TPSA) is 52.0 Å². The van der Waals surface area contributed by atoms with Crippen LogP contribution in [-0.2, 0) is 12.8 Å². The first-order valence-corrected chi connectivity index (χ1v) is 7.22. The fourth-order valence-electron chi connectivity index (χ4n) is 1.80. The van der Waals surface area contributed by atoms with E-state index in [0.717, 1.165) is 33.2 Å². The minimum Gasteiger partial charge on any atom is -0.399 e. The van der Waals surface area contributed by atoms with Crippen molar-refractivity contribution in [1.82, 2.24) is 0 Å². The predicted octanol–water partition coefficient (Wildman–Crippen LogP) is 4.16. The molecule has 94 valence electrons. The van der Waals surface area contributed by atoms with E-state index in [4.69, 9.17) is 11.5 Å². The SMILES string of the molecule is Nc1ccc(CCc2ccc(N)cc2Br)c(Br)c1. The van der Waals surface area contributed by atoms with Gasteiger partial charge in [-0.05, 0) is 48.2 Å². The van der Waals surface area contributed by atoms with Gasteiger partial charge in [0.2, 0.25) is 0 Å². The van der Waals surface area contributed by atoms with Crippen LogP contribution < -0.4 is 11.5 Å². The van der Waals surface area contributed by atoms with Crippen molar-refractivity contribution in [3.8, 4) is 0 Å². The number of benzene rings is 2. The van der Waals surface area contributed by atoms with Gasteiger partial charge >= 0.3 is 0 Å². The molecule has 2 nitrogen and oxygen atoms in total. The standard InChI is InChI=1S/C14H14Br2N2/c15-13-7-11(17)5-3-9(13)1-2-10-4-6-12(18)8-14(10)16/h3-8H,1-2,17-18H2. The zero-order valence-electron chi connectivity index (χ0n) is 9.79. The van der Waals surface area contributed by atoms with Crippen LogP contribution in [0.25, 0.3) is 0 Å². The van der Waals surface area contributed by atoms with Crippen molar-refractivity contribution < 1.29 is 0 Å². The molecular weight excluding hydrogens is 356 g/mol. The second-order valence-electron chi connectivity index (χ2n) is 4.20. The second-order valence-corrected chi connectivity index (χ2v) is 5.91. The molecule has 0 bridgehead atoms. The number of anilines is 2. The number of nitrogen functional groups attached to an aromatic ring is 2. The van der Waals surface area contributed by atoms with Crippen LogP contribution in [-0.4, -0.2) is 0 Å². The highest BCUT2D eigenvalue weighted by Gasteiger charge is 2.04. The molecule has 0 aliphatic heterocycles. The first-order chi connectivity index (χ1) is 8.56. The monoisotopic (exact) mass is 368 g/mol. The van der Waals surface area contributed by atoms with Gasteiger partial charge in [-0.3, -0.25) is 0 Å². The van der Waals surface area contributed by atoms with E-state index < -0.39 is 0 Å². The lowest BCUT2D eigenvalue weighted by Crippen LogP contribution is -1.96. The molecule has 18 heavy (non-hydrogen) atoms. The minimum atomic E-state index is 0.777. The van der Waals surface area contributed by atoms with Crippen molar-refractivity contribution in [1.29, 1.82) is 0 Å². The zero-order valence-corrected chi connectivity index (χ0v) is 13.0. The largest absolute Gasteiger partial charge is 0.399 e. The Bertz CT molecular complexity index is 516. The number of hydrogen-bond acceptors (Lipinski definition) is 2. The molecule has 0 fully saturated rings. The molecule has 0 saturated heterocycles. The van der Waals surface area contributed by atoms with Crippen LogP contribution >= 0.6 is 31.9 Å². The summed E-state index contributed by atoms with van der Waals surface area (Å²) in [6.07, 6.45) is 1.92. The van der Waals surface area contributed by atoms with Crippen molar-refractivity contribution in [3.63, 3.8) is 0 Å². The molecule has 2 aromatic carbocycles. The molecule has 2 rings (SSSR count). The summed E-state index contributed by atoms with van der Waals surface area (Å²) in [4.78, 5) is 0. The van der Waals surface area contributed by atoms with E-state index in [0.29, 0.717) is 0 Å².